The molecule has 3 rings (SSSR count). The van der Waals surface area contributed by atoms with Crippen LogP contribution in [0.3, 0.4) is 0 Å². The van der Waals surface area contributed by atoms with Crippen LogP contribution in [0.2, 0.25) is 5.02 Å². The minimum absolute atomic E-state index is 0.0243. The van der Waals surface area contributed by atoms with Crippen LogP contribution in [0, 0.1) is 5.92 Å². The zero-order valence-electron chi connectivity index (χ0n) is 13.4. The highest BCUT2D eigenvalue weighted by atomic mass is 35.5. The summed E-state index contributed by atoms with van der Waals surface area (Å²) >= 11 is 6.07. The number of carbonyl (C=O) groups excluding carboxylic acids is 1. The zero-order valence-corrected chi connectivity index (χ0v) is 14.1. The molecule has 1 atom stereocenters. The summed E-state index contributed by atoms with van der Waals surface area (Å²) in [7, 11) is 0. The summed E-state index contributed by atoms with van der Waals surface area (Å²) in [6, 6.07) is 7.18. The SMILES string of the molecule is CC(CNC(=O)c1cc(C2CC2)nc2ccc(Cl)cc12)CC(=O)O. The van der Waals surface area contributed by atoms with Crippen LogP contribution in [0.15, 0.2) is 24.3 Å². The van der Waals surface area contributed by atoms with E-state index in [1.54, 1.807) is 19.1 Å². The Hall–Kier alpha value is -2.14. The number of carboxylic acids is 1. The summed E-state index contributed by atoms with van der Waals surface area (Å²) in [6.07, 6.45) is 2.22. The van der Waals surface area contributed by atoms with E-state index < -0.39 is 5.97 Å². The van der Waals surface area contributed by atoms with Crippen LogP contribution >= 0.6 is 11.6 Å². The lowest BCUT2D eigenvalue weighted by Crippen LogP contribution is -2.29. The summed E-state index contributed by atoms with van der Waals surface area (Å²) < 4.78 is 0. The maximum atomic E-state index is 12.6. The molecular formula is C18H19ClN2O3. The molecule has 126 valence electrons. The van der Waals surface area contributed by atoms with E-state index in [-0.39, 0.29) is 18.2 Å². The van der Waals surface area contributed by atoms with Gasteiger partial charge in [0, 0.05) is 35.0 Å². The second kappa shape index (κ2) is 6.77. The van der Waals surface area contributed by atoms with E-state index >= 15 is 0 Å². The van der Waals surface area contributed by atoms with Crippen LogP contribution < -0.4 is 5.32 Å². The van der Waals surface area contributed by atoms with E-state index in [0.29, 0.717) is 23.0 Å². The fraction of sp³-hybridized carbons (Fsp3) is 0.389. The van der Waals surface area contributed by atoms with Crippen LogP contribution in [0.25, 0.3) is 10.9 Å². The number of nitrogens with zero attached hydrogens (tertiary/aromatic N) is 1. The average molecular weight is 347 g/mol. The predicted octanol–water partition coefficient (Wildman–Crippen LogP) is 3.61. The van der Waals surface area contributed by atoms with Crippen molar-refractivity contribution in [2.45, 2.75) is 32.1 Å². The highest BCUT2D eigenvalue weighted by Gasteiger charge is 2.27. The number of carboxylic acid groups (broad SMARTS) is 1. The van der Waals surface area contributed by atoms with Gasteiger partial charge >= 0.3 is 5.97 Å². The van der Waals surface area contributed by atoms with E-state index in [2.05, 4.69) is 10.3 Å². The Bertz CT molecular complexity index is 802. The van der Waals surface area contributed by atoms with Crippen molar-refractivity contribution in [1.29, 1.82) is 0 Å². The quantitative estimate of drug-likeness (QED) is 0.837. The van der Waals surface area contributed by atoms with Gasteiger partial charge in [0.25, 0.3) is 5.91 Å². The highest BCUT2D eigenvalue weighted by Crippen LogP contribution is 2.40. The summed E-state index contributed by atoms with van der Waals surface area (Å²) in [5.41, 5.74) is 2.24. The molecule has 1 aromatic carbocycles. The molecule has 2 N–H and O–H groups in total. The van der Waals surface area contributed by atoms with E-state index in [4.69, 9.17) is 16.7 Å². The van der Waals surface area contributed by atoms with Crippen LogP contribution in [-0.4, -0.2) is 28.5 Å². The van der Waals surface area contributed by atoms with Crippen molar-refractivity contribution in [3.63, 3.8) is 0 Å². The molecule has 0 spiro atoms. The topological polar surface area (TPSA) is 79.3 Å². The second-order valence-electron chi connectivity index (χ2n) is 6.44. The number of aliphatic carboxylic acids is 1. The van der Waals surface area contributed by atoms with Gasteiger partial charge in [-0.25, -0.2) is 0 Å². The average Bonchev–Trinajstić information content (AvgIpc) is 3.35. The van der Waals surface area contributed by atoms with Gasteiger partial charge in [-0.3, -0.25) is 14.6 Å². The number of amides is 1. The van der Waals surface area contributed by atoms with E-state index in [1.807, 2.05) is 12.1 Å². The van der Waals surface area contributed by atoms with E-state index in [9.17, 15) is 9.59 Å². The Morgan fingerprint density at radius 3 is 2.79 bits per heavy atom. The standard InChI is InChI=1S/C18H19ClN2O3/c1-10(6-17(22)23)9-20-18(24)14-8-16(11-2-3-11)21-15-5-4-12(19)7-13(14)15/h4-5,7-8,10-11H,2-3,6,9H2,1H3,(H,20,24)(H,22,23). The first-order chi connectivity index (χ1) is 11.4. The first-order valence-electron chi connectivity index (χ1n) is 8.04. The number of aromatic nitrogens is 1. The lowest BCUT2D eigenvalue weighted by atomic mass is 10.0. The van der Waals surface area contributed by atoms with Gasteiger partial charge in [-0.05, 0) is 43.0 Å². The first-order valence-corrected chi connectivity index (χ1v) is 8.42. The molecule has 1 aromatic heterocycles. The van der Waals surface area contributed by atoms with E-state index in [1.165, 1.54) is 0 Å². The maximum absolute atomic E-state index is 12.6. The van der Waals surface area contributed by atoms with Crippen molar-refractivity contribution >= 4 is 34.4 Å². The third kappa shape index (κ3) is 3.85. The molecule has 6 heteroatoms. The molecular weight excluding hydrogens is 328 g/mol. The monoisotopic (exact) mass is 346 g/mol. The van der Waals surface area contributed by atoms with Crippen LogP contribution in [-0.2, 0) is 4.79 Å². The molecule has 1 unspecified atom stereocenters. The normalized spacial score (nSPS) is 15.2. The molecule has 0 bridgehead atoms. The minimum atomic E-state index is -0.867. The Balaban J connectivity index is 1.87. The first kappa shape index (κ1) is 16.7. The molecule has 0 aliphatic heterocycles. The fourth-order valence-corrected chi connectivity index (χ4v) is 2.90. The molecule has 5 nitrogen and oxygen atoms in total. The van der Waals surface area contributed by atoms with Crippen molar-refractivity contribution in [2.24, 2.45) is 5.92 Å². The molecule has 1 aliphatic rings. The van der Waals surface area contributed by atoms with Gasteiger partial charge in [0.15, 0.2) is 0 Å². The van der Waals surface area contributed by atoms with Crippen molar-refractivity contribution < 1.29 is 14.7 Å². The zero-order chi connectivity index (χ0) is 17.3. The van der Waals surface area contributed by atoms with Crippen LogP contribution in [0.4, 0.5) is 0 Å². The van der Waals surface area contributed by atoms with Crippen molar-refractivity contribution in [2.75, 3.05) is 6.54 Å². The molecule has 1 saturated carbocycles. The van der Waals surface area contributed by atoms with Crippen LogP contribution in [0.5, 0.6) is 0 Å². The predicted molar refractivity (Wildman–Crippen MR) is 92.5 cm³/mol. The Morgan fingerprint density at radius 2 is 2.12 bits per heavy atom. The molecule has 24 heavy (non-hydrogen) atoms. The number of rotatable bonds is 6. The third-order valence-electron chi connectivity index (χ3n) is 4.16. The maximum Gasteiger partial charge on any atom is 0.303 e. The van der Waals surface area contributed by atoms with Gasteiger partial charge in [0.05, 0.1) is 11.1 Å². The number of halogens is 1. The molecule has 2 aromatic rings. The van der Waals surface area contributed by atoms with Gasteiger partial charge in [0.1, 0.15) is 0 Å². The number of pyridine rings is 1. The van der Waals surface area contributed by atoms with Gasteiger partial charge in [-0.15, -0.1) is 0 Å². The Morgan fingerprint density at radius 1 is 1.38 bits per heavy atom. The molecule has 1 fully saturated rings. The smallest absolute Gasteiger partial charge is 0.303 e. The lowest BCUT2D eigenvalue weighted by Gasteiger charge is -2.13. The minimum Gasteiger partial charge on any atom is -0.481 e. The number of fused-ring (bicyclic) bond motifs is 1. The molecule has 1 aliphatic carbocycles. The number of hydrogen-bond donors (Lipinski definition) is 2. The third-order valence-corrected chi connectivity index (χ3v) is 4.40. The van der Waals surface area contributed by atoms with Gasteiger partial charge in [0.2, 0.25) is 0 Å². The number of benzene rings is 1. The Kier molecular flexibility index (Phi) is 4.71. The van der Waals surface area contributed by atoms with Crippen LogP contribution in [0.1, 0.15) is 48.2 Å². The molecule has 0 saturated heterocycles. The lowest BCUT2D eigenvalue weighted by molar-refractivity contribution is -0.137. The molecule has 1 amide bonds. The number of nitrogens with one attached hydrogen (secondary N) is 1. The van der Waals surface area contributed by atoms with Crippen molar-refractivity contribution in [3.05, 3.63) is 40.5 Å². The highest BCUT2D eigenvalue weighted by molar-refractivity contribution is 6.31. The van der Waals surface area contributed by atoms with Gasteiger partial charge < -0.3 is 10.4 Å². The summed E-state index contributed by atoms with van der Waals surface area (Å²) in [5, 5.41) is 12.9. The fourth-order valence-electron chi connectivity index (χ4n) is 2.73. The van der Waals surface area contributed by atoms with Gasteiger partial charge in [-0.1, -0.05) is 18.5 Å². The van der Waals surface area contributed by atoms with Gasteiger partial charge in [-0.2, -0.15) is 0 Å². The Labute approximate surface area is 145 Å². The number of hydrogen-bond acceptors (Lipinski definition) is 3. The van der Waals surface area contributed by atoms with Crippen molar-refractivity contribution in [3.8, 4) is 0 Å². The summed E-state index contributed by atoms with van der Waals surface area (Å²) in [5.74, 6) is -0.786. The molecule has 0 radical (unpaired) electrons. The second-order valence-corrected chi connectivity index (χ2v) is 6.88. The molecule has 1 heterocycles. The van der Waals surface area contributed by atoms with E-state index in [0.717, 1.165) is 29.4 Å². The largest absolute Gasteiger partial charge is 0.481 e. The summed E-state index contributed by atoms with van der Waals surface area (Å²) in [6.45, 7) is 2.11. The summed E-state index contributed by atoms with van der Waals surface area (Å²) in [4.78, 5) is 28.0. The van der Waals surface area contributed by atoms with Crippen molar-refractivity contribution in [1.82, 2.24) is 10.3 Å². The number of carbonyl (C=O) groups is 2.